The molecular weight excluding hydrogens is 260 g/mol. The Morgan fingerprint density at radius 3 is 2.48 bits per heavy atom. The average molecular weight is 288 g/mol. The maximum absolute atomic E-state index is 4.52. The van der Waals surface area contributed by atoms with Crippen LogP contribution in [0.1, 0.15) is 63.9 Å². The van der Waals surface area contributed by atoms with E-state index in [1.807, 2.05) is 16.8 Å². The smallest absolute Gasteiger partial charge is 0.243 e. The summed E-state index contributed by atoms with van der Waals surface area (Å²) in [5.41, 5.74) is 2.10. The van der Waals surface area contributed by atoms with E-state index in [4.69, 9.17) is 0 Å². The predicted octanol–water partition coefficient (Wildman–Crippen LogP) is 4.59. The monoisotopic (exact) mass is 288 g/mol. The Hall–Kier alpha value is -1.58. The molecule has 0 aromatic carbocycles. The molecule has 2 heterocycles. The zero-order valence-electron chi connectivity index (χ0n) is 13.4. The molecule has 2 aromatic rings. The molecule has 0 saturated heterocycles. The van der Waals surface area contributed by atoms with Crippen molar-refractivity contribution in [3.8, 4) is 0 Å². The molecule has 1 N–H and O–H groups in total. The zero-order chi connectivity index (χ0) is 14.9. The minimum atomic E-state index is 0.743. The summed E-state index contributed by atoms with van der Waals surface area (Å²) >= 11 is 0. The molecule has 4 nitrogen and oxygen atoms in total. The second-order valence-corrected chi connectivity index (χ2v) is 5.80. The van der Waals surface area contributed by atoms with Crippen molar-refractivity contribution in [1.82, 2.24) is 14.6 Å². The normalized spacial score (nSPS) is 11.1. The van der Waals surface area contributed by atoms with Crippen LogP contribution in [0, 0.1) is 6.92 Å². The van der Waals surface area contributed by atoms with Crippen LogP contribution in [0.15, 0.2) is 18.3 Å². The lowest BCUT2D eigenvalue weighted by Crippen LogP contribution is -2.03. The Labute approximate surface area is 128 Å². The first kappa shape index (κ1) is 15.8. The molecule has 0 bridgehead atoms. The van der Waals surface area contributed by atoms with Gasteiger partial charge in [-0.2, -0.15) is 4.98 Å². The lowest BCUT2D eigenvalue weighted by molar-refractivity contribution is 0.581. The second kappa shape index (κ2) is 8.65. The number of nitrogens with zero attached hydrogens (tertiary/aromatic N) is 3. The van der Waals surface area contributed by atoms with Crippen LogP contribution in [0.4, 0.5) is 5.95 Å². The molecule has 0 aliphatic heterocycles. The molecule has 116 valence electrons. The van der Waals surface area contributed by atoms with Gasteiger partial charge in [0.2, 0.25) is 5.95 Å². The van der Waals surface area contributed by atoms with Gasteiger partial charge in [0.05, 0.1) is 0 Å². The van der Waals surface area contributed by atoms with Crippen LogP contribution in [0.25, 0.3) is 5.65 Å². The summed E-state index contributed by atoms with van der Waals surface area (Å²) in [6.07, 6.45) is 12.7. The summed E-state index contributed by atoms with van der Waals surface area (Å²) in [5.74, 6) is 0.743. The van der Waals surface area contributed by atoms with Gasteiger partial charge in [0.25, 0.3) is 0 Å². The molecule has 0 unspecified atom stereocenters. The van der Waals surface area contributed by atoms with Crippen LogP contribution in [0.5, 0.6) is 0 Å². The molecule has 0 aliphatic carbocycles. The number of nitrogens with one attached hydrogen (secondary N) is 1. The fraction of sp³-hybridized carbons (Fsp3) is 0.647. The van der Waals surface area contributed by atoms with E-state index in [1.165, 1.54) is 51.4 Å². The SMILES string of the molecule is CCCCCCCCCCNc1nc2c(C)cccn2n1. The molecule has 0 fully saturated rings. The Morgan fingerprint density at radius 2 is 1.76 bits per heavy atom. The van der Waals surface area contributed by atoms with E-state index >= 15 is 0 Å². The fourth-order valence-corrected chi connectivity index (χ4v) is 2.57. The lowest BCUT2D eigenvalue weighted by Gasteiger charge is -2.02. The highest BCUT2D eigenvalue weighted by Crippen LogP contribution is 2.11. The molecule has 0 atom stereocenters. The number of anilines is 1. The molecule has 0 spiro atoms. The van der Waals surface area contributed by atoms with E-state index in [0.717, 1.165) is 23.7 Å². The van der Waals surface area contributed by atoms with Crippen LogP contribution in [0.2, 0.25) is 0 Å². The minimum Gasteiger partial charge on any atom is -0.353 e. The summed E-state index contributed by atoms with van der Waals surface area (Å²) in [4.78, 5) is 4.52. The summed E-state index contributed by atoms with van der Waals surface area (Å²) in [6.45, 7) is 5.29. The Kier molecular flexibility index (Phi) is 6.51. The van der Waals surface area contributed by atoms with E-state index < -0.39 is 0 Å². The predicted molar refractivity (Wildman–Crippen MR) is 88.8 cm³/mol. The quantitative estimate of drug-likeness (QED) is 0.650. The van der Waals surface area contributed by atoms with Gasteiger partial charge < -0.3 is 5.32 Å². The molecular formula is C17H28N4. The summed E-state index contributed by atoms with van der Waals surface area (Å²) in [5, 5.41) is 7.77. The third-order valence-electron chi connectivity index (χ3n) is 3.87. The Bertz CT molecular complexity index is 533. The first-order valence-corrected chi connectivity index (χ1v) is 8.37. The summed E-state index contributed by atoms with van der Waals surface area (Å²) in [6, 6.07) is 4.06. The van der Waals surface area contributed by atoms with Gasteiger partial charge in [-0.3, -0.25) is 0 Å². The van der Waals surface area contributed by atoms with Gasteiger partial charge in [-0.25, -0.2) is 4.52 Å². The topological polar surface area (TPSA) is 42.2 Å². The van der Waals surface area contributed by atoms with Crippen molar-refractivity contribution in [3.05, 3.63) is 23.9 Å². The van der Waals surface area contributed by atoms with Gasteiger partial charge in [0.15, 0.2) is 5.65 Å². The molecule has 0 aliphatic rings. The van der Waals surface area contributed by atoms with E-state index in [0.29, 0.717) is 0 Å². The number of hydrogen-bond donors (Lipinski definition) is 1. The molecule has 2 aromatic heterocycles. The summed E-state index contributed by atoms with van der Waals surface area (Å²) < 4.78 is 1.84. The van der Waals surface area contributed by atoms with Gasteiger partial charge in [-0.1, -0.05) is 57.9 Å². The third-order valence-corrected chi connectivity index (χ3v) is 3.87. The second-order valence-electron chi connectivity index (χ2n) is 5.80. The highest BCUT2D eigenvalue weighted by atomic mass is 15.3. The molecule has 0 saturated carbocycles. The van der Waals surface area contributed by atoms with Crippen molar-refractivity contribution < 1.29 is 0 Å². The van der Waals surface area contributed by atoms with Crippen molar-refractivity contribution >= 4 is 11.6 Å². The van der Waals surface area contributed by atoms with Gasteiger partial charge in [-0.05, 0) is 25.0 Å². The number of rotatable bonds is 10. The van der Waals surface area contributed by atoms with Gasteiger partial charge >= 0.3 is 0 Å². The largest absolute Gasteiger partial charge is 0.353 e. The molecule has 0 amide bonds. The lowest BCUT2D eigenvalue weighted by atomic mass is 10.1. The van der Waals surface area contributed by atoms with Crippen molar-refractivity contribution in [2.75, 3.05) is 11.9 Å². The maximum Gasteiger partial charge on any atom is 0.243 e. The first-order valence-electron chi connectivity index (χ1n) is 8.37. The number of aromatic nitrogens is 3. The van der Waals surface area contributed by atoms with Crippen molar-refractivity contribution in [2.45, 2.75) is 65.2 Å². The number of pyridine rings is 1. The third kappa shape index (κ3) is 5.03. The van der Waals surface area contributed by atoms with Crippen molar-refractivity contribution in [1.29, 1.82) is 0 Å². The Balaban J connectivity index is 1.61. The number of unbranched alkanes of at least 4 members (excludes halogenated alkanes) is 7. The van der Waals surface area contributed by atoms with Crippen LogP contribution < -0.4 is 5.32 Å². The van der Waals surface area contributed by atoms with E-state index in [-0.39, 0.29) is 0 Å². The standard InChI is InChI=1S/C17H28N4/c1-3-4-5-6-7-8-9-10-13-18-17-19-16-15(2)12-11-14-21(16)20-17/h11-12,14H,3-10,13H2,1-2H3,(H,18,20). The van der Waals surface area contributed by atoms with Gasteiger partial charge in [0.1, 0.15) is 0 Å². The zero-order valence-corrected chi connectivity index (χ0v) is 13.4. The molecule has 0 radical (unpaired) electrons. The Morgan fingerprint density at radius 1 is 1.05 bits per heavy atom. The van der Waals surface area contributed by atoms with Crippen LogP contribution >= 0.6 is 0 Å². The summed E-state index contributed by atoms with van der Waals surface area (Å²) in [7, 11) is 0. The maximum atomic E-state index is 4.52. The highest BCUT2D eigenvalue weighted by Gasteiger charge is 2.04. The minimum absolute atomic E-state index is 0.743. The van der Waals surface area contributed by atoms with E-state index in [2.05, 4.69) is 35.3 Å². The van der Waals surface area contributed by atoms with Crippen molar-refractivity contribution in [3.63, 3.8) is 0 Å². The van der Waals surface area contributed by atoms with Crippen molar-refractivity contribution in [2.24, 2.45) is 0 Å². The number of hydrogen-bond acceptors (Lipinski definition) is 3. The number of aryl methyl sites for hydroxylation is 1. The van der Waals surface area contributed by atoms with Gasteiger partial charge in [0, 0.05) is 12.7 Å². The molecule has 21 heavy (non-hydrogen) atoms. The van der Waals surface area contributed by atoms with Crippen LogP contribution in [0.3, 0.4) is 0 Å². The first-order chi connectivity index (χ1) is 10.3. The fourth-order valence-electron chi connectivity index (χ4n) is 2.57. The number of fused-ring (bicyclic) bond motifs is 1. The molecule has 4 heteroatoms. The van der Waals surface area contributed by atoms with Crippen LogP contribution in [-0.4, -0.2) is 21.1 Å². The highest BCUT2D eigenvalue weighted by molar-refractivity contribution is 5.49. The molecule has 2 rings (SSSR count). The van der Waals surface area contributed by atoms with Crippen LogP contribution in [-0.2, 0) is 0 Å². The van der Waals surface area contributed by atoms with E-state index in [9.17, 15) is 0 Å². The van der Waals surface area contributed by atoms with E-state index in [1.54, 1.807) is 0 Å². The van der Waals surface area contributed by atoms with Gasteiger partial charge in [-0.15, -0.1) is 5.10 Å². The average Bonchev–Trinajstić information content (AvgIpc) is 2.90.